The van der Waals surface area contributed by atoms with E-state index >= 15 is 0 Å². The molecule has 1 aromatic heterocycles. The normalized spacial score (nSPS) is 11.6. The van der Waals surface area contributed by atoms with Crippen LogP contribution in [0.1, 0.15) is 17.4 Å². The van der Waals surface area contributed by atoms with Gasteiger partial charge in [0.25, 0.3) is 5.91 Å². The summed E-state index contributed by atoms with van der Waals surface area (Å²) in [5.74, 6) is -0.801. The number of nitrogen functional groups attached to an aromatic ring is 1. The number of aliphatic hydroxyl groups excluding tert-OH is 1. The Labute approximate surface area is 108 Å². The molecule has 1 aromatic rings. The number of halogens is 3. The first-order valence-electron chi connectivity index (χ1n) is 5.71. The van der Waals surface area contributed by atoms with Gasteiger partial charge >= 0.3 is 6.18 Å². The molecule has 0 unspecified atom stereocenters. The second kappa shape index (κ2) is 5.96. The van der Waals surface area contributed by atoms with Crippen molar-refractivity contribution in [2.24, 2.45) is 0 Å². The van der Waals surface area contributed by atoms with Crippen LogP contribution >= 0.6 is 0 Å². The van der Waals surface area contributed by atoms with E-state index in [9.17, 15) is 18.0 Å². The van der Waals surface area contributed by atoms with Gasteiger partial charge in [-0.25, -0.2) is 0 Å². The molecule has 0 aliphatic carbocycles. The average molecular weight is 279 g/mol. The van der Waals surface area contributed by atoms with E-state index in [-0.39, 0.29) is 12.2 Å². The van der Waals surface area contributed by atoms with Crippen molar-refractivity contribution >= 4 is 11.6 Å². The van der Waals surface area contributed by atoms with Crippen LogP contribution in [0.4, 0.5) is 18.9 Å². The van der Waals surface area contributed by atoms with Gasteiger partial charge in [0, 0.05) is 19.3 Å². The number of carbonyl (C=O) groups excluding carboxylic acids is 1. The number of carbonyl (C=O) groups is 1. The zero-order valence-corrected chi connectivity index (χ0v) is 10.4. The smallest absolute Gasteiger partial charge is 0.397 e. The standard InChI is InChI=1S/C11H16F3N3O2/c1-2-16-6-8(15)5-9(16)10(19)17(3-4-18)7-11(12,13)14/h5-6,18H,2-4,7,15H2,1H3. The summed E-state index contributed by atoms with van der Waals surface area (Å²) in [4.78, 5) is 12.6. The van der Waals surface area contributed by atoms with Crippen molar-refractivity contribution in [1.82, 2.24) is 9.47 Å². The molecule has 0 aliphatic heterocycles. The zero-order valence-electron chi connectivity index (χ0n) is 10.4. The van der Waals surface area contributed by atoms with Crippen LogP contribution in [0.2, 0.25) is 0 Å². The van der Waals surface area contributed by atoms with Gasteiger partial charge in [-0.2, -0.15) is 13.2 Å². The van der Waals surface area contributed by atoms with E-state index in [1.807, 2.05) is 0 Å². The second-order valence-electron chi connectivity index (χ2n) is 4.01. The van der Waals surface area contributed by atoms with Crippen LogP contribution in [0.3, 0.4) is 0 Å². The van der Waals surface area contributed by atoms with Gasteiger partial charge in [0.05, 0.1) is 12.3 Å². The fourth-order valence-electron chi connectivity index (χ4n) is 1.73. The number of amides is 1. The molecule has 19 heavy (non-hydrogen) atoms. The van der Waals surface area contributed by atoms with Crippen LogP contribution in [0.15, 0.2) is 12.3 Å². The highest BCUT2D eigenvalue weighted by atomic mass is 19.4. The number of nitrogens with zero attached hydrogens (tertiary/aromatic N) is 2. The largest absolute Gasteiger partial charge is 0.406 e. The number of aryl methyl sites for hydroxylation is 1. The summed E-state index contributed by atoms with van der Waals surface area (Å²) >= 11 is 0. The van der Waals surface area contributed by atoms with Crippen molar-refractivity contribution in [3.05, 3.63) is 18.0 Å². The van der Waals surface area contributed by atoms with Gasteiger partial charge in [0.2, 0.25) is 0 Å². The molecule has 0 aromatic carbocycles. The number of hydrogen-bond acceptors (Lipinski definition) is 3. The lowest BCUT2D eigenvalue weighted by molar-refractivity contribution is -0.141. The summed E-state index contributed by atoms with van der Waals surface area (Å²) in [6, 6.07) is 1.33. The summed E-state index contributed by atoms with van der Waals surface area (Å²) in [6.45, 7) is -0.161. The van der Waals surface area contributed by atoms with E-state index in [1.54, 1.807) is 6.92 Å². The molecule has 5 nitrogen and oxygen atoms in total. The summed E-state index contributed by atoms with van der Waals surface area (Å²) in [5, 5.41) is 8.77. The molecule has 0 saturated carbocycles. The number of aliphatic hydroxyl groups is 1. The lowest BCUT2D eigenvalue weighted by atomic mass is 10.3. The third kappa shape index (κ3) is 4.16. The monoisotopic (exact) mass is 279 g/mol. The van der Waals surface area contributed by atoms with E-state index in [1.165, 1.54) is 16.8 Å². The number of rotatable bonds is 5. The van der Waals surface area contributed by atoms with Gasteiger partial charge in [-0.3, -0.25) is 4.79 Å². The molecule has 8 heteroatoms. The number of alkyl halides is 3. The Morgan fingerprint density at radius 1 is 1.53 bits per heavy atom. The van der Waals surface area contributed by atoms with Gasteiger partial charge in [-0.1, -0.05) is 0 Å². The maximum Gasteiger partial charge on any atom is 0.406 e. The first kappa shape index (κ1) is 15.4. The molecule has 0 fully saturated rings. The number of aromatic nitrogens is 1. The Bertz CT molecular complexity index is 443. The molecule has 0 bridgehead atoms. The lowest BCUT2D eigenvalue weighted by Crippen LogP contribution is -2.41. The Balaban J connectivity index is 2.98. The van der Waals surface area contributed by atoms with E-state index in [0.717, 1.165) is 0 Å². The van der Waals surface area contributed by atoms with Gasteiger partial charge in [-0.05, 0) is 13.0 Å². The second-order valence-corrected chi connectivity index (χ2v) is 4.01. The lowest BCUT2D eigenvalue weighted by Gasteiger charge is -2.23. The number of nitrogens with two attached hydrogens (primary N) is 1. The van der Waals surface area contributed by atoms with Crippen LogP contribution in [-0.2, 0) is 6.54 Å². The summed E-state index contributed by atoms with van der Waals surface area (Å²) in [7, 11) is 0. The molecule has 1 rings (SSSR count). The van der Waals surface area contributed by atoms with Crippen LogP contribution in [0.25, 0.3) is 0 Å². The van der Waals surface area contributed by atoms with Crippen molar-refractivity contribution < 1.29 is 23.1 Å². The summed E-state index contributed by atoms with van der Waals surface area (Å²) < 4.78 is 38.6. The highest BCUT2D eigenvalue weighted by Crippen LogP contribution is 2.19. The van der Waals surface area contributed by atoms with Crippen LogP contribution in [0, 0.1) is 0 Å². The van der Waals surface area contributed by atoms with Crippen molar-refractivity contribution in [2.75, 3.05) is 25.4 Å². The zero-order chi connectivity index (χ0) is 14.6. The van der Waals surface area contributed by atoms with Gasteiger partial charge in [0.15, 0.2) is 0 Å². The van der Waals surface area contributed by atoms with E-state index < -0.39 is 25.2 Å². The van der Waals surface area contributed by atoms with E-state index in [2.05, 4.69) is 0 Å². The molecule has 0 atom stereocenters. The topological polar surface area (TPSA) is 71.5 Å². The van der Waals surface area contributed by atoms with Crippen molar-refractivity contribution in [3.8, 4) is 0 Å². The third-order valence-electron chi connectivity index (χ3n) is 2.50. The molecular formula is C11H16F3N3O2. The van der Waals surface area contributed by atoms with Crippen LogP contribution in [0.5, 0.6) is 0 Å². The third-order valence-corrected chi connectivity index (χ3v) is 2.50. The molecular weight excluding hydrogens is 263 g/mol. The highest BCUT2D eigenvalue weighted by Gasteiger charge is 2.33. The first-order valence-corrected chi connectivity index (χ1v) is 5.71. The Kier molecular flexibility index (Phi) is 4.82. The quantitative estimate of drug-likeness (QED) is 0.847. The predicted molar refractivity (Wildman–Crippen MR) is 63.6 cm³/mol. The van der Waals surface area contributed by atoms with Gasteiger partial charge < -0.3 is 20.3 Å². The number of anilines is 1. The molecule has 1 heterocycles. The SMILES string of the molecule is CCn1cc(N)cc1C(=O)N(CCO)CC(F)(F)F. The van der Waals surface area contributed by atoms with Gasteiger partial charge in [-0.15, -0.1) is 0 Å². The van der Waals surface area contributed by atoms with Crippen LogP contribution in [-0.4, -0.2) is 46.4 Å². The minimum Gasteiger partial charge on any atom is -0.397 e. The minimum absolute atomic E-state index is 0.0812. The molecule has 108 valence electrons. The predicted octanol–water partition coefficient (Wildman–Crippen LogP) is 1.09. The molecule has 0 saturated heterocycles. The maximum absolute atomic E-state index is 12.4. The fraction of sp³-hybridized carbons (Fsp3) is 0.545. The van der Waals surface area contributed by atoms with Crippen LogP contribution < -0.4 is 5.73 Å². The Morgan fingerprint density at radius 3 is 2.63 bits per heavy atom. The van der Waals surface area contributed by atoms with Crippen molar-refractivity contribution in [1.29, 1.82) is 0 Å². The first-order chi connectivity index (χ1) is 8.78. The minimum atomic E-state index is -4.51. The number of hydrogen-bond donors (Lipinski definition) is 2. The van der Waals surface area contributed by atoms with Crippen molar-refractivity contribution in [2.45, 2.75) is 19.6 Å². The molecule has 0 aliphatic rings. The average Bonchev–Trinajstić information content (AvgIpc) is 2.67. The molecule has 1 amide bonds. The highest BCUT2D eigenvalue weighted by molar-refractivity contribution is 5.93. The summed E-state index contributed by atoms with van der Waals surface area (Å²) in [5.41, 5.74) is 5.92. The van der Waals surface area contributed by atoms with Gasteiger partial charge in [0.1, 0.15) is 12.2 Å². The van der Waals surface area contributed by atoms with Crippen molar-refractivity contribution in [3.63, 3.8) is 0 Å². The van der Waals surface area contributed by atoms with E-state index in [4.69, 9.17) is 10.8 Å². The Hall–Kier alpha value is -1.70. The van der Waals surface area contributed by atoms with E-state index in [0.29, 0.717) is 17.1 Å². The maximum atomic E-state index is 12.4. The fourth-order valence-corrected chi connectivity index (χ4v) is 1.73. The molecule has 0 radical (unpaired) electrons. The molecule has 0 spiro atoms. The Morgan fingerprint density at radius 2 is 2.16 bits per heavy atom. The molecule has 3 N–H and O–H groups in total. The summed E-state index contributed by atoms with van der Waals surface area (Å²) in [6.07, 6.45) is -3.03.